The van der Waals surface area contributed by atoms with E-state index in [1.54, 1.807) is 6.07 Å². The van der Waals surface area contributed by atoms with Gasteiger partial charge in [-0.15, -0.1) is 0 Å². The van der Waals surface area contributed by atoms with Crippen LogP contribution in [-0.2, 0) is 4.79 Å². The number of benzene rings is 1. The third-order valence-electron chi connectivity index (χ3n) is 2.32. The van der Waals surface area contributed by atoms with Gasteiger partial charge >= 0.3 is 0 Å². The first-order valence-electron chi connectivity index (χ1n) is 5.19. The van der Waals surface area contributed by atoms with Crippen LogP contribution in [0.1, 0.15) is 20.3 Å². The predicted octanol–water partition coefficient (Wildman–Crippen LogP) is 2.63. The molecule has 0 bridgehead atoms. The van der Waals surface area contributed by atoms with Gasteiger partial charge in [0.2, 0.25) is 0 Å². The fourth-order valence-corrected chi connectivity index (χ4v) is 1.38. The van der Waals surface area contributed by atoms with Crippen LogP contribution >= 0.6 is 0 Å². The minimum atomic E-state index is -0.269. The summed E-state index contributed by atoms with van der Waals surface area (Å²) >= 11 is 0. The normalized spacial score (nSPS) is 10.1. The van der Waals surface area contributed by atoms with Crippen molar-refractivity contribution in [2.45, 2.75) is 20.3 Å². The molecular formula is C12H16FNO. The van der Waals surface area contributed by atoms with Crippen molar-refractivity contribution in [1.82, 2.24) is 0 Å². The number of nitrogens with zero attached hydrogens (tertiary/aromatic N) is 1. The van der Waals surface area contributed by atoms with Crippen LogP contribution in [0.4, 0.5) is 10.1 Å². The smallest absolute Gasteiger partial charge is 0.151 e. The largest absolute Gasteiger partial charge is 0.364 e. The van der Waals surface area contributed by atoms with Gasteiger partial charge in [0.15, 0.2) is 5.78 Å². The Morgan fingerprint density at radius 2 is 2.13 bits per heavy atom. The van der Waals surface area contributed by atoms with Gasteiger partial charge in [-0.1, -0.05) is 13.0 Å². The van der Waals surface area contributed by atoms with Crippen LogP contribution in [0.15, 0.2) is 24.3 Å². The van der Waals surface area contributed by atoms with Crippen molar-refractivity contribution < 1.29 is 9.18 Å². The second-order valence-electron chi connectivity index (χ2n) is 3.39. The summed E-state index contributed by atoms with van der Waals surface area (Å²) in [5.41, 5.74) is 0.763. The molecule has 15 heavy (non-hydrogen) atoms. The summed E-state index contributed by atoms with van der Waals surface area (Å²) in [6.07, 6.45) is 0.520. The van der Waals surface area contributed by atoms with E-state index in [4.69, 9.17) is 0 Å². The second kappa shape index (κ2) is 5.49. The highest BCUT2D eigenvalue weighted by Gasteiger charge is 2.08. The predicted molar refractivity (Wildman–Crippen MR) is 59.6 cm³/mol. The first-order chi connectivity index (χ1) is 7.17. The van der Waals surface area contributed by atoms with Gasteiger partial charge in [-0.2, -0.15) is 0 Å². The van der Waals surface area contributed by atoms with Crippen molar-refractivity contribution in [2.75, 3.05) is 18.0 Å². The Morgan fingerprint density at radius 1 is 1.40 bits per heavy atom. The van der Waals surface area contributed by atoms with Gasteiger partial charge in [-0.05, 0) is 25.1 Å². The molecule has 0 unspecified atom stereocenters. The second-order valence-corrected chi connectivity index (χ2v) is 3.39. The molecule has 1 aromatic carbocycles. The quantitative estimate of drug-likeness (QED) is 0.743. The number of likely N-dealkylation sites (N-methyl/N-ethyl adjacent to an activating group) is 1. The Morgan fingerprint density at radius 3 is 2.67 bits per heavy atom. The number of halogens is 1. The molecule has 0 radical (unpaired) electrons. The van der Waals surface area contributed by atoms with Crippen LogP contribution in [0.2, 0.25) is 0 Å². The zero-order valence-electron chi connectivity index (χ0n) is 9.16. The van der Waals surface area contributed by atoms with Gasteiger partial charge in [-0.25, -0.2) is 4.39 Å². The first-order valence-corrected chi connectivity index (χ1v) is 5.19. The molecule has 3 heteroatoms. The Hall–Kier alpha value is -1.38. The van der Waals surface area contributed by atoms with Crippen LogP contribution in [0.3, 0.4) is 0 Å². The van der Waals surface area contributed by atoms with Crippen LogP contribution < -0.4 is 4.90 Å². The molecule has 0 saturated heterocycles. The van der Waals surface area contributed by atoms with Crippen molar-refractivity contribution in [3.8, 4) is 0 Å². The number of hydrogen-bond donors (Lipinski definition) is 0. The Kier molecular flexibility index (Phi) is 4.28. The standard InChI is InChI=1S/C12H16FNO/c1-3-12(15)9-14(4-2)11-7-5-6-10(13)8-11/h5-8H,3-4,9H2,1-2H3. The summed E-state index contributed by atoms with van der Waals surface area (Å²) in [6.45, 7) is 4.85. The fourth-order valence-electron chi connectivity index (χ4n) is 1.38. The van der Waals surface area contributed by atoms with Crippen LogP contribution in [0.5, 0.6) is 0 Å². The molecule has 0 aliphatic carbocycles. The Labute approximate surface area is 89.7 Å². The van der Waals surface area contributed by atoms with Crippen molar-refractivity contribution in [2.24, 2.45) is 0 Å². The lowest BCUT2D eigenvalue weighted by atomic mass is 10.2. The summed E-state index contributed by atoms with van der Waals surface area (Å²) in [7, 11) is 0. The lowest BCUT2D eigenvalue weighted by Gasteiger charge is -2.21. The molecule has 0 saturated carbocycles. The van der Waals surface area contributed by atoms with E-state index in [1.165, 1.54) is 12.1 Å². The number of Topliss-reactive ketones (excluding diaryl/α,β-unsaturated/α-hetero) is 1. The van der Waals surface area contributed by atoms with E-state index in [-0.39, 0.29) is 11.6 Å². The van der Waals surface area contributed by atoms with E-state index in [1.807, 2.05) is 24.8 Å². The summed E-state index contributed by atoms with van der Waals surface area (Å²) in [4.78, 5) is 13.2. The SMILES string of the molecule is CCC(=O)CN(CC)c1cccc(F)c1. The molecule has 82 valence electrons. The average molecular weight is 209 g/mol. The van der Waals surface area contributed by atoms with Crippen molar-refractivity contribution in [3.05, 3.63) is 30.1 Å². The maximum absolute atomic E-state index is 13.0. The van der Waals surface area contributed by atoms with Crippen LogP contribution in [-0.4, -0.2) is 18.9 Å². The number of hydrogen-bond acceptors (Lipinski definition) is 2. The third-order valence-corrected chi connectivity index (χ3v) is 2.32. The Balaban J connectivity index is 2.78. The van der Waals surface area contributed by atoms with Crippen LogP contribution in [0, 0.1) is 5.82 Å². The lowest BCUT2D eigenvalue weighted by molar-refractivity contribution is -0.117. The molecular weight excluding hydrogens is 193 g/mol. The molecule has 0 fully saturated rings. The van der Waals surface area contributed by atoms with E-state index in [0.717, 1.165) is 5.69 Å². The van der Waals surface area contributed by atoms with Gasteiger partial charge in [0.25, 0.3) is 0 Å². The zero-order valence-corrected chi connectivity index (χ0v) is 9.16. The van der Waals surface area contributed by atoms with Gasteiger partial charge in [0.05, 0.1) is 6.54 Å². The Bertz CT molecular complexity index is 338. The van der Waals surface area contributed by atoms with Crippen molar-refractivity contribution >= 4 is 11.5 Å². The van der Waals surface area contributed by atoms with Gasteiger partial charge in [0.1, 0.15) is 5.82 Å². The highest BCUT2D eigenvalue weighted by atomic mass is 19.1. The maximum Gasteiger partial charge on any atom is 0.151 e. The molecule has 0 heterocycles. The average Bonchev–Trinajstić information content (AvgIpc) is 2.25. The van der Waals surface area contributed by atoms with E-state index < -0.39 is 0 Å². The molecule has 1 rings (SSSR count). The topological polar surface area (TPSA) is 20.3 Å². The lowest BCUT2D eigenvalue weighted by Crippen LogP contribution is -2.29. The molecule has 1 aromatic rings. The number of rotatable bonds is 5. The minimum Gasteiger partial charge on any atom is -0.364 e. The molecule has 0 spiro atoms. The third kappa shape index (κ3) is 3.35. The fraction of sp³-hybridized carbons (Fsp3) is 0.417. The molecule has 0 N–H and O–H groups in total. The molecule has 0 aliphatic rings. The van der Waals surface area contributed by atoms with E-state index in [9.17, 15) is 9.18 Å². The highest BCUT2D eigenvalue weighted by molar-refractivity contribution is 5.83. The summed E-state index contributed by atoms with van der Waals surface area (Å²) < 4.78 is 13.0. The molecule has 2 nitrogen and oxygen atoms in total. The minimum absolute atomic E-state index is 0.168. The number of anilines is 1. The summed E-state index contributed by atoms with van der Waals surface area (Å²) in [5, 5.41) is 0. The maximum atomic E-state index is 13.0. The highest BCUT2D eigenvalue weighted by Crippen LogP contribution is 2.15. The summed E-state index contributed by atoms with van der Waals surface area (Å²) in [6, 6.07) is 6.32. The molecule has 0 aliphatic heterocycles. The monoisotopic (exact) mass is 209 g/mol. The van der Waals surface area contributed by atoms with E-state index in [2.05, 4.69) is 0 Å². The van der Waals surface area contributed by atoms with Crippen molar-refractivity contribution in [3.63, 3.8) is 0 Å². The number of ketones is 1. The first kappa shape index (κ1) is 11.7. The van der Waals surface area contributed by atoms with Crippen LogP contribution in [0.25, 0.3) is 0 Å². The zero-order chi connectivity index (χ0) is 11.3. The summed E-state index contributed by atoms with van der Waals surface area (Å²) in [5.74, 6) is -0.101. The van der Waals surface area contributed by atoms with Gasteiger partial charge in [-0.3, -0.25) is 4.79 Å². The molecule has 0 atom stereocenters. The van der Waals surface area contributed by atoms with E-state index in [0.29, 0.717) is 19.5 Å². The van der Waals surface area contributed by atoms with Gasteiger partial charge < -0.3 is 4.90 Å². The van der Waals surface area contributed by atoms with Crippen molar-refractivity contribution in [1.29, 1.82) is 0 Å². The molecule has 0 aromatic heterocycles. The van der Waals surface area contributed by atoms with Gasteiger partial charge in [0, 0.05) is 18.7 Å². The van der Waals surface area contributed by atoms with E-state index >= 15 is 0 Å². The number of carbonyl (C=O) groups excluding carboxylic acids is 1. The molecule has 0 amide bonds. The number of carbonyl (C=O) groups is 1.